The van der Waals surface area contributed by atoms with Crippen molar-refractivity contribution in [1.29, 1.82) is 0 Å². The number of halogens is 2. The van der Waals surface area contributed by atoms with E-state index in [0.717, 1.165) is 15.1 Å². The summed E-state index contributed by atoms with van der Waals surface area (Å²) in [6.07, 6.45) is 2.23. The van der Waals surface area contributed by atoms with Crippen LogP contribution in [0.5, 0.6) is 0 Å². The molecule has 6 nitrogen and oxygen atoms in total. The van der Waals surface area contributed by atoms with E-state index in [1.807, 2.05) is 12.1 Å². The van der Waals surface area contributed by atoms with E-state index < -0.39 is 5.91 Å². The van der Waals surface area contributed by atoms with Crippen LogP contribution in [-0.4, -0.2) is 20.7 Å². The summed E-state index contributed by atoms with van der Waals surface area (Å²) in [6, 6.07) is 8.11. The van der Waals surface area contributed by atoms with Gasteiger partial charge in [-0.25, -0.2) is 9.67 Å². The fourth-order valence-corrected chi connectivity index (χ4v) is 3.32. The van der Waals surface area contributed by atoms with Crippen molar-refractivity contribution >= 4 is 45.6 Å². The number of carbonyl (C=O) groups excluding carboxylic acids is 1. The first-order chi connectivity index (χ1) is 11.9. The number of nitrogens with zero attached hydrogens (tertiary/aromatic N) is 3. The molecule has 0 spiro atoms. The molecule has 128 valence electrons. The van der Waals surface area contributed by atoms with Crippen LogP contribution in [0, 0.1) is 0 Å². The molecule has 0 bridgehead atoms. The zero-order valence-electron chi connectivity index (χ0n) is 13.0. The van der Waals surface area contributed by atoms with Gasteiger partial charge in [-0.2, -0.15) is 5.10 Å². The van der Waals surface area contributed by atoms with Gasteiger partial charge in [0.1, 0.15) is 5.69 Å². The number of carbonyl (C=O) groups is 1. The van der Waals surface area contributed by atoms with Gasteiger partial charge in [0.2, 0.25) is 0 Å². The largest absolute Gasteiger partial charge is 0.296 e. The lowest BCUT2D eigenvalue weighted by Crippen LogP contribution is -2.23. The molecule has 9 heteroatoms. The Balaban J connectivity index is 1.73. The van der Waals surface area contributed by atoms with Crippen molar-refractivity contribution in [1.82, 2.24) is 14.8 Å². The highest BCUT2D eigenvalue weighted by Gasteiger charge is 2.13. The summed E-state index contributed by atoms with van der Waals surface area (Å²) < 4.78 is 1.10. The maximum Gasteiger partial charge on any atom is 0.277 e. The fraction of sp³-hybridized carbons (Fsp3) is 0.125. The molecule has 3 aromatic rings. The van der Waals surface area contributed by atoms with E-state index >= 15 is 0 Å². The van der Waals surface area contributed by atoms with E-state index in [4.69, 9.17) is 23.2 Å². The Hall–Kier alpha value is -2.22. The third-order valence-corrected chi connectivity index (χ3v) is 5.13. The zero-order chi connectivity index (χ0) is 18.0. The number of amides is 1. The smallest absolute Gasteiger partial charge is 0.277 e. The molecule has 3 rings (SSSR count). The van der Waals surface area contributed by atoms with Crippen molar-refractivity contribution in [2.45, 2.75) is 6.42 Å². The van der Waals surface area contributed by atoms with Crippen LogP contribution in [0.3, 0.4) is 0 Å². The van der Waals surface area contributed by atoms with Crippen LogP contribution in [-0.2, 0) is 13.5 Å². The van der Waals surface area contributed by atoms with Crippen LogP contribution in [0.1, 0.15) is 20.9 Å². The number of benzene rings is 1. The minimum Gasteiger partial charge on any atom is -0.296 e. The summed E-state index contributed by atoms with van der Waals surface area (Å²) in [7, 11) is 1.48. The maximum atomic E-state index is 12.2. The summed E-state index contributed by atoms with van der Waals surface area (Å²) in [5.41, 5.74) is 0.735. The van der Waals surface area contributed by atoms with Gasteiger partial charge in [-0.05, 0) is 17.7 Å². The van der Waals surface area contributed by atoms with Crippen molar-refractivity contribution < 1.29 is 4.79 Å². The minimum absolute atomic E-state index is 0.136. The van der Waals surface area contributed by atoms with Crippen molar-refractivity contribution in [3.05, 3.63) is 73.1 Å². The second-order valence-electron chi connectivity index (χ2n) is 5.16. The van der Waals surface area contributed by atoms with E-state index in [9.17, 15) is 9.59 Å². The van der Waals surface area contributed by atoms with Crippen LogP contribution < -0.4 is 10.9 Å². The predicted molar refractivity (Wildman–Crippen MR) is 98.8 cm³/mol. The van der Waals surface area contributed by atoms with Crippen LogP contribution in [0.4, 0.5) is 5.13 Å². The van der Waals surface area contributed by atoms with Crippen LogP contribution in [0.15, 0.2) is 41.3 Å². The summed E-state index contributed by atoms with van der Waals surface area (Å²) in [5.74, 6) is -0.433. The highest BCUT2D eigenvalue weighted by Crippen LogP contribution is 2.29. The lowest BCUT2D eigenvalue weighted by Gasteiger charge is -2.03. The Morgan fingerprint density at radius 1 is 1.28 bits per heavy atom. The van der Waals surface area contributed by atoms with Crippen molar-refractivity contribution in [3.63, 3.8) is 0 Å². The molecule has 1 N–H and O–H groups in total. The van der Waals surface area contributed by atoms with Gasteiger partial charge < -0.3 is 0 Å². The van der Waals surface area contributed by atoms with E-state index in [1.165, 1.54) is 30.5 Å². The quantitative estimate of drug-likeness (QED) is 0.735. The topological polar surface area (TPSA) is 76.9 Å². The Labute approximate surface area is 157 Å². The third kappa shape index (κ3) is 4.07. The number of aromatic nitrogens is 3. The number of nitrogens with one attached hydrogen (secondary N) is 1. The zero-order valence-corrected chi connectivity index (χ0v) is 15.3. The third-order valence-electron chi connectivity index (χ3n) is 3.36. The highest BCUT2D eigenvalue weighted by molar-refractivity contribution is 7.15. The number of hydrogen-bond acceptors (Lipinski definition) is 5. The molecule has 1 aromatic carbocycles. The average molecular weight is 395 g/mol. The standard InChI is InChI=1S/C16H12Cl2N4O2S/c1-22-13(23)6-5-12(21-22)15(24)20-16-19-8-10(25-16)7-9-3-2-4-11(17)14(9)18/h2-6,8H,7H2,1H3,(H,19,20,24). The van der Waals surface area contributed by atoms with Crippen molar-refractivity contribution in [3.8, 4) is 0 Å². The van der Waals surface area contributed by atoms with Crippen LogP contribution >= 0.6 is 34.5 Å². The molecule has 0 saturated carbocycles. The Kier molecular flexibility index (Phi) is 5.17. The summed E-state index contributed by atoms with van der Waals surface area (Å²) in [4.78, 5) is 28.6. The van der Waals surface area contributed by atoms with E-state index in [2.05, 4.69) is 15.4 Å². The average Bonchev–Trinajstić information content (AvgIpc) is 3.01. The Morgan fingerprint density at radius 3 is 2.84 bits per heavy atom. The molecular weight excluding hydrogens is 383 g/mol. The first-order valence-electron chi connectivity index (χ1n) is 7.17. The molecule has 0 radical (unpaired) electrons. The van der Waals surface area contributed by atoms with Crippen molar-refractivity contribution in [2.75, 3.05) is 5.32 Å². The number of anilines is 1. The number of rotatable bonds is 4. The summed E-state index contributed by atoms with van der Waals surface area (Å²) in [5, 5.41) is 8.02. The van der Waals surface area contributed by atoms with Gasteiger partial charge in [0.05, 0.1) is 10.0 Å². The number of hydrogen-bond donors (Lipinski definition) is 1. The predicted octanol–water partition coefficient (Wildman–Crippen LogP) is 3.39. The summed E-state index contributed by atoms with van der Waals surface area (Å²) >= 11 is 13.5. The molecule has 0 aliphatic rings. The minimum atomic E-state index is -0.433. The van der Waals surface area contributed by atoms with Gasteiger partial charge >= 0.3 is 0 Å². The second-order valence-corrected chi connectivity index (χ2v) is 7.06. The van der Waals surface area contributed by atoms with Gasteiger partial charge in [-0.15, -0.1) is 11.3 Å². The van der Waals surface area contributed by atoms with Gasteiger partial charge in [-0.1, -0.05) is 35.3 Å². The second kappa shape index (κ2) is 7.35. The van der Waals surface area contributed by atoms with Crippen LogP contribution in [0.2, 0.25) is 10.0 Å². The van der Waals surface area contributed by atoms with Crippen molar-refractivity contribution in [2.24, 2.45) is 7.05 Å². The maximum absolute atomic E-state index is 12.2. The molecule has 0 atom stereocenters. The molecule has 1 amide bonds. The molecule has 0 saturated heterocycles. The van der Waals surface area contributed by atoms with Gasteiger partial charge in [0.25, 0.3) is 11.5 Å². The number of thiazole rings is 1. The van der Waals surface area contributed by atoms with Gasteiger partial charge in [0.15, 0.2) is 5.13 Å². The fourth-order valence-electron chi connectivity index (χ4n) is 2.10. The van der Waals surface area contributed by atoms with E-state index in [1.54, 1.807) is 12.3 Å². The lowest BCUT2D eigenvalue weighted by atomic mass is 10.1. The molecule has 0 fully saturated rings. The van der Waals surface area contributed by atoms with Gasteiger partial charge in [-0.3, -0.25) is 14.9 Å². The van der Waals surface area contributed by atoms with Crippen LogP contribution in [0.25, 0.3) is 0 Å². The molecule has 2 heterocycles. The molecule has 0 aliphatic carbocycles. The number of aryl methyl sites for hydroxylation is 1. The van der Waals surface area contributed by atoms with Gasteiger partial charge in [0, 0.05) is 30.6 Å². The molecular formula is C16H12Cl2N4O2S. The first-order valence-corrected chi connectivity index (χ1v) is 8.74. The molecule has 0 aliphatic heterocycles. The Bertz CT molecular complexity index is 1000. The van der Waals surface area contributed by atoms with E-state index in [-0.39, 0.29) is 11.3 Å². The first kappa shape index (κ1) is 17.6. The highest BCUT2D eigenvalue weighted by atomic mass is 35.5. The summed E-state index contributed by atoms with van der Waals surface area (Å²) in [6.45, 7) is 0. The molecule has 2 aromatic heterocycles. The van der Waals surface area contributed by atoms with E-state index in [0.29, 0.717) is 21.6 Å². The SMILES string of the molecule is Cn1nc(C(=O)Nc2ncc(Cc3cccc(Cl)c3Cl)s2)ccc1=O. The Morgan fingerprint density at radius 2 is 2.08 bits per heavy atom. The molecule has 0 unspecified atom stereocenters. The lowest BCUT2D eigenvalue weighted by molar-refractivity contribution is 0.102. The monoisotopic (exact) mass is 394 g/mol. The molecule has 25 heavy (non-hydrogen) atoms. The normalized spacial score (nSPS) is 10.7.